The van der Waals surface area contributed by atoms with E-state index in [0.717, 1.165) is 0 Å². The second-order valence-corrected chi connectivity index (χ2v) is 7.93. The molecule has 0 aromatic heterocycles. The Labute approximate surface area is 193 Å². The lowest BCUT2D eigenvalue weighted by Gasteiger charge is -2.25. The molecule has 1 aliphatic rings. The van der Waals surface area contributed by atoms with Gasteiger partial charge in [-0.1, -0.05) is 12.1 Å². The maximum absolute atomic E-state index is 13.1. The maximum atomic E-state index is 13.1. The number of carbonyl (C=O) groups excluding carboxylic acids is 2. The van der Waals surface area contributed by atoms with Crippen molar-refractivity contribution in [1.29, 1.82) is 0 Å². The van der Waals surface area contributed by atoms with Crippen LogP contribution >= 0.6 is 0 Å². The van der Waals surface area contributed by atoms with E-state index in [1.807, 2.05) is 13.8 Å². The topological polar surface area (TPSA) is 106 Å². The fraction of sp³-hybridized carbons (Fsp3) is 0.360. The van der Waals surface area contributed by atoms with Crippen LogP contribution in [0.25, 0.3) is 5.76 Å². The average Bonchev–Trinajstić information content (AvgIpc) is 3.05. The minimum atomic E-state index is -0.882. The average molecular weight is 456 g/mol. The lowest BCUT2D eigenvalue weighted by Crippen LogP contribution is -2.31. The molecule has 8 heteroatoms. The molecule has 1 fully saturated rings. The number of hydrogen-bond acceptors (Lipinski definition) is 7. The summed E-state index contributed by atoms with van der Waals surface area (Å²) in [5.74, 6) is -1.16. The number of benzene rings is 2. The molecule has 3 rings (SSSR count). The van der Waals surface area contributed by atoms with Crippen molar-refractivity contribution in [2.45, 2.75) is 32.4 Å². The zero-order valence-corrected chi connectivity index (χ0v) is 19.2. The molecule has 33 heavy (non-hydrogen) atoms. The van der Waals surface area contributed by atoms with Crippen LogP contribution in [0, 0.1) is 0 Å². The normalized spacial score (nSPS) is 17.6. The van der Waals surface area contributed by atoms with Gasteiger partial charge in [0.05, 0.1) is 37.5 Å². The number of Topliss-reactive ketones (excluding diaryl/α,β-unsaturated/α-hetero) is 1. The number of nitrogens with zero attached hydrogens (tertiary/aromatic N) is 1. The standard InChI is InChI=1S/C25H29NO7/c1-15(2)33-12-6-11-26-22(16-7-5-8-17(27)13-16)21(24(29)25(26)30)23(28)19-14-18(31-3)9-10-20(19)32-4/h5,7-10,13-15,22,27-28H,6,11-12H2,1-4H3/b23-21+. The summed E-state index contributed by atoms with van der Waals surface area (Å²) in [6, 6.07) is 10.2. The van der Waals surface area contributed by atoms with E-state index in [4.69, 9.17) is 14.2 Å². The number of aromatic hydroxyl groups is 1. The third-order valence-corrected chi connectivity index (χ3v) is 5.38. The van der Waals surface area contributed by atoms with Crippen LogP contribution in [-0.4, -0.2) is 60.3 Å². The number of aliphatic hydroxyl groups excluding tert-OH is 1. The molecule has 0 aliphatic carbocycles. The number of phenols is 1. The SMILES string of the molecule is COc1ccc(OC)c(/C(O)=C2\C(=O)C(=O)N(CCCOC(C)C)C2c2cccc(O)c2)c1. The van der Waals surface area contributed by atoms with Gasteiger partial charge < -0.3 is 29.3 Å². The van der Waals surface area contributed by atoms with E-state index in [1.54, 1.807) is 24.3 Å². The monoisotopic (exact) mass is 455 g/mol. The fourth-order valence-electron chi connectivity index (χ4n) is 3.85. The molecular formula is C25H29NO7. The highest BCUT2D eigenvalue weighted by molar-refractivity contribution is 6.46. The first-order chi connectivity index (χ1) is 15.8. The van der Waals surface area contributed by atoms with Crippen molar-refractivity contribution in [2.24, 2.45) is 0 Å². The minimum absolute atomic E-state index is 0.0137. The zero-order valence-electron chi connectivity index (χ0n) is 19.2. The van der Waals surface area contributed by atoms with Crippen molar-refractivity contribution in [3.05, 3.63) is 59.2 Å². The van der Waals surface area contributed by atoms with E-state index in [1.165, 1.54) is 37.3 Å². The first-order valence-corrected chi connectivity index (χ1v) is 10.7. The Hall–Kier alpha value is -3.52. The van der Waals surface area contributed by atoms with E-state index < -0.39 is 17.7 Å². The Bertz CT molecular complexity index is 1060. The summed E-state index contributed by atoms with van der Waals surface area (Å²) in [7, 11) is 2.93. The first-order valence-electron chi connectivity index (χ1n) is 10.7. The summed E-state index contributed by atoms with van der Waals surface area (Å²) in [6.07, 6.45) is 0.547. The Morgan fingerprint density at radius 1 is 1.09 bits per heavy atom. The van der Waals surface area contributed by atoms with E-state index >= 15 is 0 Å². The van der Waals surface area contributed by atoms with Crippen LogP contribution in [0.3, 0.4) is 0 Å². The highest BCUT2D eigenvalue weighted by atomic mass is 16.5. The predicted molar refractivity (Wildman–Crippen MR) is 122 cm³/mol. The molecule has 176 valence electrons. The van der Waals surface area contributed by atoms with Gasteiger partial charge in [0.1, 0.15) is 23.0 Å². The molecule has 1 unspecified atom stereocenters. The smallest absolute Gasteiger partial charge is 0.295 e. The van der Waals surface area contributed by atoms with Gasteiger partial charge in [0.2, 0.25) is 0 Å². The summed E-state index contributed by atoms with van der Waals surface area (Å²) in [4.78, 5) is 27.5. The molecule has 2 aromatic carbocycles. The Balaban J connectivity index is 2.12. The number of ether oxygens (including phenoxy) is 3. The van der Waals surface area contributed by atoms with Crippen LogP contribution in [0.15, 0.2) is 48.0 Å². The molecule has 1 saturated heterocycles. The van der Waals surface area contributed by atoms with Gasteiger partial charge >= 0.3 is 0 Å². The summed E-state index contributed by atoms with van der Waals surface area (Å²) >= 11 is 0. The molecule has 0 radical (unpaired) electrons. The maximum Gasteiger partial charge on any atom is 0.295 e. The first kappa shape index (κ1) is 24.1. The largest absolute Gasteiger partial charge is 0.508 e. The van der Waals surface area contributed by atoms with E-state index in [9.17, 15) is 19.8 Å². The van der Waals surface area contributed by atoms with E-state index in [-0.39, 0.29) is 35.3 Å². The van der Waals surface area contributed by atoms with Crippen molar-refractivity contribution in [3.8, 4) is 17.2 Å². The molecule has 8 nitrogen and oxygen atoms in total. The van der Waals surface area contributed by atoms with Crippen molar-refractivity contribution in [2.75, 3.05) is 27.4 Å². The number of carbonyl (C=O) groups is 2. The molecule has 0 spiro atoms. The Morgan fingerprint density at radius 2 is 1.85 bits per heavy atom. The molecular weight excluding hydrogens is 426 g/mol. The highest BCUT2D eigenvalue weighted by Crippen LogP contribution is 2.42. The van der Waals surface area contributed by atoms with Crippen LogP contribution in [0.2, 0.25) is 0 Å². The highest BCUT2D eigenvalue weighted by Gasteiger charge is 2.46. The molecule has 0 bridgehead atoms. The Morgan fingerprint density at radius 3 is 2.48 bits per heavy atom. The van der Waals surface area contributed by atoms with Crippen LogP contribution in [0.5, 0.6) is 17.2 Å². The summed E-state index contributed by atoms with van der Waals surface area (Å²) in [5.41, 5.74) is 0.646. The van der Waals surface area contributed by atoms with Crippen LogP contribution in [0.1, 0.15) is 37.4 Å². The Kier molecular flexibility index (Phi) is 7.60. The molecule has 1 aliphatic heterocycles. The van der Waals surface area contributed by atoms with Gasteiger partial charge in [0.25, 0.3) is 11.7 Å². The van der Waals surface area contributed by atoms with Gasteiger partial charge in [0, 0.05) is 13.2 Å². The summed E-state index contributed by atoms with van der Waals surface area (Å²) < 4.78 is 16.2. The predicted octanol–water partition coefficient (Wildman–Crippen LogP) is 3.65. The number of rotatable bonds is 9. The van der Waals surface area contributed by atoms with Crippen molar-refractivity contribution >= 4 is 17.4 Å². The molecule has 2 N–H and O–H groups in total. The van der Waals surface area contributed by atoms with Crippen LogP contribution < -0.4 is 9.47 Å². The van der Waals surface area contributed by atoms with Crippen molar-refractivity contribution in [3.63, 3.8) is 0 Å². The number of likely N-dealkylation sites (tertiary alicyclic amines) is 1. The number of amides is 1. The molecule has 1 atom stereocenters. The number of hydrogen-bond donors (Lipinski definition) is 2. The quantitative estimate of drug-likeness (QED) is 0.257. The lowest BCUT2D eigenvalue weighted by molar-refractivity contribution is -0.140. The molecule has 1 heterocycles. The number of aliphatic hydroxyl groups is 1. The number of ketones is 1. The second-order valence-electron chi connectivity index (χ2n) is 7.93. The fourth-order valence-corrected chi connectivity index (χ4v) is 3.85. The van der Waals surface area contributed by atoms with Gasteiger partial charge in [-0.15, -0.1) is 0 Å². The summed E-state index contributed by atoms with van der Waals surface area (Å²) in [6.45, 7) is 4.49. The van der Waals surface area contributed by atoms with Crippen molar-refractivity contribution < 1.29 is 34.0 Å². The van der Waals surface area contributed by atoms with E-state index in [0.29, 0.717) is 30.1 Å². The second kappa shape index (κ2) is 10.4. The van der Waals surface area contributed by atoms with E-state index in [2.05, 4.69) is 0 Å². The van der Waals surface area contributed by atoms with Crippen LogP contribution in [-0.2, 0) is 14.3 Å². The van der Waals surface area contributed by atoms with Gasteiger partial charge in [-0.25, -0.2) is 0 Å². The van der Waals surface area contributed by atoms with Crippen LogP contribution in [0.4, 0.5) is 0 Å². The number of methoxy groups -OCH3 is 2. The van der Waals surface area contributed by atoms with Gasteiger partial charge in [-0.2, -0.15) is 0 Å². The molecule has 2 aromatic rings. The third-order valence-electron chi connectivity index (χ3n) is 5.38. The molecule has 0 saturated carbocycles. The lowest BCUT2D eigenvalue weighted by atomic mass is 9.94. The van der Waals surface area contributed by atoms with Gasteiger partial charge in [-0.05, 0) is 56.2 Å². The zero-order chi connectivity index (χ0) is 24.1. The number of phenolic OH excluding ortho intramolecular Hbond substituents is 1. The molecule has 1 amide bonds. The van der Waals surface area contributed by atoms with Gasteiger partial charge in [0.15, 0.2) is 0 Å². The van der Waals surface area contributed by atoms with Gasteiger partial charge in [-0.3, -0.25) is 9.59 Å². The third kappa shape index (κ3) is 5.12. The summed E-state index contributed by atoms with van der Waals surface area (Å²) in [5, 5.41) is 21.3. The minimum Gasteiger partial charge on any atom is -0.508 e. The van der Waals surface area contributed by atoms with Crippen molar-refractivity contribution in [1.82, 2.24) is 4.90 Å².